The van der Waals surface area contributed by atoms with Crippen LogP contribution in [0.25, 0.3) is 21.0 Å². The van der Waals surface area contributed by atoms with E-state index in [1.807, 2.05) is 17.6 Å². The van der Waals surface area contributed by atoms with Crippen LogP contribution in [-0.2, 0) is 6.54 Å². The molecule has 7 nitrogen and oxygen atoms in total. The summed E-state index contributed by atoms with van der Waals surface area (Å²) >= 11 is 1.52. The average molecular weight is 394 g/mol. The molecule has 0 N–H and O–H groups in total. The fraction of sp³-hybridized carbons (Fsp3) is 0.211. The third-order valence-corrected chi connectivity index (χ3v) is 5.92. The molecule has 1 aliphatic heterocycles. The Morgan fingerprint density at radius 1 is 1.18 bits per heavy atom. The molecule has 3 aromatic heterocycles. The van der Waals surface area contributed by atoms with Crippen LogP contribution < -0.4 is 0 Å². The van der Waals surface area contributed by atoms with Crippen LogP contribution in [-0.4, -0.2) is 42.1 Å². The number of benzene rings is 1. The summed E-state index contributed by atoms with van der Waals surface area (Å²) in [7, 11) is 0. The van der Waals surface area contributed by atoms with E-state index < -0.39 is 0 Å². The smallest absolute Gasteiger partial charge is 0.254 e. The lowest BCUT2D eigenvalue weighted by molar-refractivity contribution is 0.0638. The van der Waals surface area contributed by atoms with Gasteiger partial charge in [-0.2, -0.15) is 0 Å². The van der Waals surface area contributed by atoms with Crippen LogP contribution in [0, 0.1) is 5.82 Å². The van der Waals surface area contributed by atoms with Gasteiger partial charge in [-0.05, 0) is 37.3 Å². The van der Waals surface area contributed by atoms with Crippen molar-refractivity contribution in [2.24, 2.45) is 0 Å². The lowest BCUT2D eigenvalue weighted by Crippen LogP contribution is -2.41. The summed E-state index contributed by atoms with van der Waals surface area (Å²) < 4.78 is 16.2. The van der Waals surface area contributed by atoms with Gasteiger partial charge < -0.3 is 9.47 Å². The van der Waals surface area contributed by atoms with Gasteiger partial charge in [0.2, 0.25) is 0 Å². The molecule has 0 spiro atoms. The lowest BCUT2D eigenvalue weighted by atomic mass is 10.1. The number of pyridine rings is 1. The van der Waals surface area contributed by atoms with Gasteiger partial charge in [0.25, 0.3) is 5.91 Å². The van der Waals surface area contributed by atoms with Crippen LogP contribution in [0.4, 0.5) is 4.39 Å². The topological polar surface area (TPSA) is 76.8 Å². The molecule has 4 aromatic rings. The number of hydrogen-bond acceptors (Lipinski definition) is 6. The van der Waals surface area contributed by atoms with E-state index in [2.05, 4.69) is 20.2 Å². The van der Waals surface area contributed by atoms with Crippen molar-refractivity contribution in [1.82, 2.24) is 29.6 Å². The fourth-order valence-electron chi connectivity index (χ4n) is 3.45. The van der Waals surface area contributed by atoms with Crippen LogP contribution in [0.3, 0.4) is 0 Å². The quantitative estimate of drug-likeness (QED) is 0.521. The summed E-state index contributed by atoms with van der Waals surface area (Å²) in [6.45, 7) is 3.01. The van der Waals surface area contributed by atoms with Crippen LogP contribution in [0.2, 0.25) is 0 Å². The zero-order valence-electron chi connectivity index (χ0n) is 14.9. The highest BCUT2D eigenvalue weighted by molar-refractivity contribution is 7.21. The van der Waals surface area contributed by atoms with Gasteiger partial charge in [-0.25, -0.2) is 9.37 Å². The number of nitrogens with zero attached hydrogens (tertiary/aromatic N) is 6. The summed E-state index contributed by atoms with van der Waals surface area (Å²) in [6, 6.07) is 7.22. The molecule has 1 aromatic carbocycles. The zero-order chi connectivity index (χ0) is 19.3. The minimum absolute atomic E-state index is 0.144. The van der Waals surface area contributed by atoms with E-state index >= 15 is 0 Å². The minimum Gasteiger partial charge on any atom is -0.327 e. The van der Waals surface area contributed by atoms with E-state index in [1.165, 1.54) is 35.6 Å². The van der Waals surface area contributed by atoms with Gasteiger partial charge in [0.15, 0.2) is 16.7 Å². The van der Waals surface area contributed by atoms with Gasteiger partial charge in [-0.3, -0.25) is 9.78 Å². The number of aromatic nitrogens is 5. The molecule has 1 amide bonds. The second-order valence-electron chi connectivity index (χ2n) is 6.58. The van der Waals surface area contributed by atoms with Crippen molar-refractivity contribution in [2.45, 2.75) is 19.5 Å². The molecular formula is C19H15FN6OS. The fourth-order valence-corrected chi connectivity index (χ4v) is 4.38. The standard InChI is InChI=1S/C19H15FN6OS/c1-11-16-23-24-17(18-22-14-6-7-21-10-15(14)28-18)26(16)9-8-25(11)19(27)12-2-4-13(20)5-3-12/h2-7,10-11H,8-9H2,1H3/t11-/m1/s1. The first-order valence-electron chi connectivity index (χ1n) is 8.82. The van der Waals surface area contributed by atoms with E-state index in [-0.39, 0.29) is 17.8 Å². The SMILES string of the molecule is C[C@@H]1c2nnc(-c3nc4ccncc4s3)n2CCN1C(=O)c1ccc(F)cc1. The number of halogens is 1. The molecule has 0 saturated carbocycles. The number of fused-ring (bicyclic) bond motifs is 2. The van der Waals surface area contributed by atoms with Crippen LogP contribution in [0.1, 0.15) is 29.1 Å². The molecule has 0 fully saturated rings. The molecule has 0 saturated heterocycles. The van der Waals surface area contributed by atoms with E-state index in [9.17, 15) is 9.18 Å². The van der Waals surface area contributed by atoms with Gasteiger partial charge >= 0.3 is 0 Å². The maximum atomic E-state index is 13.2. The highest BCUT2D eigenvalue weighted by Crippen LogP contribution is 2.33. The van der Waals surface area contributed by atoms with Gasteiger partial charge in [0.05, 0.1) is 16.3 Å². The Kier molecular flexibility index (Phi) is 3.90. The highest BCUT2D eigenvalue weighted by Gasteiger charge is 2.32. The summed E-state index contributed by atoms with van der Waals surface area (Å²) in [5.74, 6) is 0.916. The zero-order valence-corrected chi connectivity index (χ0v) is 15.7. The largest absolute Gasteiger partial charge is 0.327 e. The second-order valence-corrected chi connectivity index (χ2v) is 7.61. The predicted molar refractivity (Wildman–Crippen MR) is 102 cm³/mol. The Labute approximate surface area is 163 Å². The molecule has 0 aliphatic carbocycles. The van der Waals surface area contributed by atoms with E-state index in [4.69, 9.17) is 0 Å². The molecule has 140 valence electrons. The Balaban J connectivity index is 1.47. The number of amides is 1. The predicted octanol–water partition coefficient (Wildman–Crippen LogP) is 3.31. The Morgan fingerprint density at radius 3 is 2.79 bits per heavy atom. The Morgan fingerprint density at radius 2 is 2.00 bits per heavy atom. The number of rotatable bonds is 2. The molecule has 0 radical (unpaired) electrons. The molecular weight excluding hydrogens is 379 g/mol. The van der Waals surface area contributed by atoms with Crippen molar-refractivity contribution in [1.29, 1.82) is 0 Å². The summed E-state index contributed by atoms with van der Waals surface area (Å²) in [5, 5.41) is 9.46. The van der Waals surface area contributed by atoms with Crippen molar-refractivity contribution in [3.05, 3.63) is 59.9 Å². The highest BCUT2D eigenvalue weighted by atomic mass is 32.1. The van der Waals surface area contributed by atoms with Crippen LogP contribution in [0.5, 0.6) is 0 Å². The lowest BCUT2D eigenvalue weighted by Gasteiger charge is -2.33. The van der Waals surface area contributed by atoms with Crippen molar-refractivity contribution >= 4 is 27.5 Å². The number of carbonyl (C=O) groups is 1. The average Bonchev–Trinajstić information content (AvgIpc) is 3.32. The molecule has 1 aliphatic rings. The summed E-state index contributed by atoms with van der Waals surface area (Å²) in [5.41, 5.74) is 1.34. The Hall–Kier alpha value is -3.20. The van der Waals surface area contributed by atoms with Crippen molar-refractivity contribution in [3.8, 4) is 10.8 Å². The summed E-state index contributed by atoms with van der Waals surface area (Å²) in [4.78, 5) is 23.4. The van der Waals surface area contributed by atoms with Gasteiger partial charge in [-0.1, -0.05) is 0 Å². The molecule has 5 rings (SSSR count). The van der Waals surface area contributed by atoms with Crippen molar-refractivity contribution in [2.75, 3.05) is 6.54 Å². The molecule has 9 heteroatoms. The first kappa shape index (κ1) is 16.9. The first-order chi connectivity index (χ1) is 13.6. The summed E-state index contributed by atoms with van der Waals surface area (Å²) in [6.07, 6.45) is 3.50. The third-order valence-electron chi connectivity index (χ3n) is 4.92. The molecule has 4 heterocycles. The van der Waals surface area contributed by atoms with Crippen LogP contribution in [0.15, 0.2) is 42.7 Å². The maximum Gasteiger partial charge on any atom is 0.254 e. The van der Waals surface area contributed by atoms with E-state index in [1.54, 1.807) is 17.3 Å². The molecule has 0 unspecified atom stereocenters. The van der Waals surface area contributed by atoms with Gasteiger partial charge in [0.1, 0.15) is 5.82 Å². The maximum absolute atomic E-state index is 13.2. The van der Waals surface area contributed by atoms with Crippen molar-refractivity contribution < 1.29 is 9.18 Å². The number of thiazole rings is 1. The molecule has 0 bridgehead atoms. The van der Waals surface area contributed by atoms with E-state index in [0.717, 1.165) is 15.2 Å². The third kappa shape index (κ3) is 2.66. The van der Waals surface area contributed by atoms with E-state index in [0.29, 0.717) is 30.3 Å². The van der Waals surface area contributed by atoms with Crippen LogP contribution >= 0.6 is 11.3 Å². The second kappa shape index (κ2) is 6.45. The van der Waals surface area contributed by atoms with Gasteiger partial charge in [0, 0.05) is 31.0 Å². The monoisotopic (exact) mass is 394 g/mol. The number of hydrogen-bond donors (Lipinski definition) is 0. The minimum atomic E-state index is -0.362. The normalized spacial score (nSPS) is 16.4. The first-order valence-corrected chi connectivity index (χ1v) is 9.64. The molecule has 28 heavy (non-hydrogen) atoms. The number of carbonyl (C=O) groups excluding carboxylic acids is 1. The van der Waals surface area contributed by atoms with Crippen molar-refractivity contribution in [3.63, 3.8) is 0 Å². The Bertz CT molecular complexity index is 1150. The van der Waals surface area contributed by atoms with Gasteiger partial charge in [-0.15, -0.1) is 21.5 Å². The molecule has 1 atom stereocenters.